The van der Waals surface area contributed by atoms with Gasteiger partial charge in [-0.1, -0.05) is 109 Å². The summed E-state index contributed by atoms with van der Waals surface area (Å²) in [6.45, 7) is 0. The zero-order chi connectivity index (χ0) is 85.0. The zero-order valence-corrected chi connectivity index (χ0v) is 79.4. The monoisotopic (exact) mass is 1740 g/mol. The van der Waals surface area contributed by atoms with E-state index in [1.807, 2.05) is 0 Å². The van der Waals surface area contributed by atoms with Crippen LogP contribution in [-0.4, -0.2) is 0 Å². The van der Waals surface area contributed by atoms with Crippen molar-refractivity contribution in [3.05, 3.63) is 214 Å². The molecule has 2 heteroatoms. The largest absolute Gasteiger partial charge is 0.309 e. The predicted molar refractivity (Wildman–Crippen MR) is 540 cm³/mol. The maximum Gasteiger partial charge on any atom is 0.0620 e. The Hall–Kier alpha value is -6.90. The van der Waals surface area contributed by atoms with E-state index in [1.54, 1.807) is 44.5 Å². The number of benzene rings is 9. The maximum absolute atomic E-state index is 3.23. The van der Waals surface area contributed by atoms with E-state index in [2.05, 4.69) is 180 Å². The number of hydrogen-bond donors (Lipinski definition) is 0. The van der Waals surface area contributed by atoms with Crippen molar-refractivity contribution in [3.8, 4) is 22.3 Å². The van der Waals surface area contributed by atoms with Crippen molar-refractivity contribution in [2.45, 2.75) is 304 Å². The summed E-state index contributed by atoms with van der Waals surface area (Å²) in [7, 11) is 0. The highest BCUT2D eigenvalue weighted by Gasteiger charge is 2.59. The molecule has 2 nitrogen and oxygen atoms in total. The first-order chi connectivity index (χ1) is 65.0. The van der Waals surface area contributed by atoms with Gasteiger partial charge in [-0.2, -0.15) is 0 Å². The maximum atomic E-state index is 3.23. The first kappa shape index (κ1) is 78.1. The van der Waals surface area contributed by atoms with Gasteiger partial charge in [0.1, 0.15) is 0 Å². The van der Waals surface area contributed by atoms with Crippen LogP contribution < -0.4 is 9.80 Å². The fourth-order valence-electron chi connectivity index (χ4n) is 45.5. The summed E-state index contributed by atoms with van der Waals surface area (Å²) in [6, 6.07) is 77.2. The summed E-state index contributed by atoms with van der Waals surface area (Å²) in [4.78, 5) is 6.45. The molecule has 0 aromatic heterocycles. The van der Waals surface area contributed by atoms with E-state index in [4.69, 9.17) is 0 Å². The molecule has 0 aliphatic heterocycles. The van der Waals surface area contributed by atoms with Gasteiger partial charge in [0.05, 0.1) is 11.4 Å². The second-order valence-electron chi connectivity index (χ2n) is 54.7. The van der Waals surface area contributed by atoms with Crippen LogP contribution >= 0.6 is 0 Å². The molecule has 0 heterocycles. The summed E-state index contributed by atoms with van der Waals surface area (Å²) >= 11 is 0. The molecule has 0 atom stereocenters. The average Bonchev–Trinajstić information content (AvgIpc) is 0.702. The fraction of sp³-hybridized carbons (Fsp3) is 0.615. The van der Waals surface area contributed by atoms with Gasteiger partial charge in [-0.05, 0) is 621 Å². The van der Waals surface area contributed by atoms with Gasteiger partial charge in [-0.3, -0.25) is 0 Å². The Balaban J connectivity index is 0.694. The molecule has 32 aliphatic rings. The first-order valence-corrected chi connectivity index (χ1v) is 57.4. The summed E-state index contributed by atoms with van der Waals surface area (Å²) in [5.41, 5.74) is 28.7. The van der Waals surface area contributed by atoms with E-state index in [9.17, 15) is 0 Å². The molecule has 132 heavy (non-hydrogen) atoms. The van der Waals surface area contributed by atoms with E-state index >= 15 is 0 Å². The number of fused-ring (bicyclic) bond motifs is 2. The molecule has 0 unspecified atom stereocenters. The number of anilines is 6. The summed E-state index contributed by atoms with van der Waals surface area (Å²) in [6.07, 6.45) is 59.0. The van der Waals surface area contributed by atoms with Crippen LogP contribution in [0.1, 0.15) is 349 Å². The van der Waals surface area contributed by atoms with Crippen molar-refractivity contribution in [2.24, 2.45) is 189 Å². The third kappa shape index (κ3) is 12.2. The van der Waals surface area contributed by atoms with Crippen molar-refractivity contribution in [1.29, 1.82) is 0 Å². The predicted octanol–water partition coefficient (Wildman–Crippen LogP) is 34.6. The normalized spacial score (nSPS) is 45.0. The lowest BCUT2D eigenvalue weighted by Crippen LogP contribution is -2.44. The van der Waals surface area contributed by atoms with Gasteiger partial charge in [0.15, 0.2) is 0 Å². The molecule has 9 aromatic carbocycles. The second-order valence-corrected chi connectivity index (χ2v) is 54.7. The summed E-state index contributed by atoms with van der Waals surface area (Å²) in [5.74, 6) is 32.9. The summed E-state index contributed by atoms with van der Waals surface area (Å²) in [5, 5.41) is 5.88. The topological polar surface area (TPSA) is 6.48 Å². The van der Waals surface area contributed by atoms with Gasteiger partial charge >= 0.3 is 0 Å². The SMILES string of the molecule is c1ccc(-c2ccc3c(N(c4cc(C5C6CC7CC(C6)CC5C7)cc(C5C6CC7CC(C6)CC5C7)c4)c4cc(C5C6CC7CC(C6)CC5C7)cc(C5C6CC7CC(C6)CC5C7)c4)c4cc(-c5ccccc5)ccc4c(N(c4cc(C5C6CC7CC(C6)CC5C7)cc(C5C6CC7CC(C6)CC5C7)c4)c4cc(C5C6CC7CC(C6)CC5C7)cc(C5C6CC7CC(C6)CC5C7)c4)c3c2)cc1. The zero-order valence-electron chi connectivity index (χ0n) is 79.4. The van der Waals surface area contributed by atoms with Crippen LogP contribution in [0.25, 0.3) is 43.8 Å². The van der Waals surface area contributed by atoms with E-state index in [-0.39, 0.29) is 0 Å². The fourth-order valence-corrected chi connectivity index (χ4v) is 45.5. The van der Waals surface area contributed by atoms with Crippen LogP contribution in [0.4, 0.5) is 34.1 Å². The molecule has 32 bridgehead atoms. The minimum Gasteiger partial charge on any atom is -0.309 e. The minimum atomic E-state index is 0.637. The van der Waals surface area contributed by atoms with E-state index in [0.29, 0.717) is 47.3 Å². The van der Waals surface area contributed by atoms with Crippen LogP contribution in [0, 0.1) is 189 Å². The van der Waals surface area contributed by atoms with Gasteiger partial charge in [-0.25, -0.2) is 0 Å². The molecular formula is C130H148N2. The van der Waals surface area contributed by atoms with E-state index in [0.717, 1.165) is 189 Å². The minimum absolute atomic E-state index is 0.637. The van der Waals surface area contributed by atoms with Crippen LogP contribution in [0.15, 0.2) is 170 Å². The Kier molecular flexibility index (Phi) is 17.4. The lowest BCUT2D eigenvalue weighted by molar-refractivity contribution is -0.00510. The first-order valence-electron chi connectivity index (χ1n) is 57.4. The third-order valence-corrected chi connectivity index (χ3v) is 47.5. The molecule has 9 aromatic rings. The summed E-state index contributed by atoms with van der Waals surface area (Å²) < 4.78 is 0. The Morgan fingerprint density at radius 1 is 0.136 bits per heavy atom. The van der Waals surface area contributed by atoms with Gasteiger partial charge in [0, 0.05) is 44.3 Å². The highest BCUT2D eigenvalue weighted by Crippen LogP contribution is 2.72. The molecule has 0 spiro atoms. The molecule has 0 saturated heterocycles. The molecule has 678 valence electrons. The standard InChI is InChI=1S/C130H148N2/c1-3-7-85(8-4-1)87-11-13-117-119(67-87)129(131(113-59-105(121-89-23-69-15-70(25-89)26-90(121)24-69)55-106(60-113)122-91-27-71-16-72(29-91)30-92(122)28-71)114-61-107(123-93-31-73-17-74(33-93)34-94(123)32-73)56-108(62-114)124-95-35-75-18-76(37-95)38-96(124)36-75)118-14-12-88(86-9-5-2-6-10-86)68-120(118)130(117)132(115-63-109(125-97-39-77-19-78(41-97)42-98(125)40-77)57-110(64-115)126-99-43-79-20-80(45-99)46-100(126)44-79)116-65-111(127-101-47-81-21-82(49-101)50-102(127)48-81)58-112(66-116)128-103-51-83-22-84(53-103)54-104(128)52-83/h1-14,55-84,89-104,121-128H,15-54H2. The number of rotatable bonds is 16. The Morgan fingerprint density at radius 2 is 0.295 bits per heavy atom. The molecular weight excluding hydrogens is 1590 g/mol. The highest BCUT2D eigenvalue weighted by molar-refractivity contribution is 6.24. The molecule has 0 amide bonds. The second kappa shape index (κ2) is 29.4. The van der Waals surface area contributed by atoms with Crippen molar-refractivity contribution < 1.29 is 0 Å². The Labute approximate surface area is 790 Å². The quantitative estimate of drug-likeness (QED) is 0.0703. The average molecular weight is 1740 g/mol. The Bertz CT molecular complexity index is 5030. The smallest absolute Gasteiger partial charge is 0.0620 e. The van der Waals surface area contributed by atoms with Gasteiger partial charge < -0.3 is 9.80 Å². The van der Waals surface area contributed by atoms with Crippen LogP contribution in [0.5, 0.6) is 0 Å². The van der Waals surface area contributed by atoms with Crippen molar-refractivity contribution in [1.82, 2.24) is 0 Å². The van der Waals surface area contributed by atoms with Gasteiger partial charge in [0.25, 0.3) is 0 Å². The van der Waals surface area contributed by atoms with Crippen molar-refractivity contribution in [3.63, 3.8) is 0 Å². The third-order valence-electron chi connectivity index (χ3n) is 47.5. The Morgan fingerprint density at radius 3 is 0.455 bits per heavy atom. The molecule has 32 saturated carbocycles. The highest BCUT2D eigenvalue weighted by atomic mass is 15.2. The molecule has 0 N–H and O–H groups in total. The van der Waals surface area contributed by atoms with Crippen LogP contribution in [0.3, 0.4) is 0 Å². The lowest BCUT2D eigenvalue weighted by Gasteiger charge is -2.56. The van der Waals surface area contributed by atoms with Crippen LogP contribution in [0.2, 0.25) is 0 Å². The molecule has 32 aliphatic carbocycles. The van der Waals surface area contributed by atoms with Gasteiger partial charge in [-0.15, -0.1) is 0 Å². The van der Waals surface area contributed by atoms with Crippen molar-refractivity contribution >= 4 is 55.7 Å². The number of nitrogens with zero attached hydrogens (tertiary/aromatic N) is 2. The van der Waals surface area contributed by atoms with Crippen molar-refractivity contribution in [2.75, 3.05) is 9.80 Å². The molecule has 0 radical (unpaired) electrons. The molecule has 32 fully saturated rings. The number of hydrogen-bond acceptors (Lipinski definition) is 2. The van der Waals surface area contributed by atoms with Crippen LogP contribution in [-0.2, 0) is 0 Å². The lowest BCUT2D eigenvalue weighted by atomic mass is 9.49. The van der Waals surface area contributed by atoms with E-state index < -0.39 is 0 Å². The van der Waals surface area contributed by atoms with E-state index in [1.165, 1.54) is 335 Å². The molecule has 41 rings (SSSR count). The van der Waals surface area contributed by atoms with Gasteiger partial charge in [0.2, 0.25) is 0 Å².